The SMILES string of the molecule is COc1cccc(NC(=O)c2sc3nc(-c4ccc(Cl)cc4)cc(-c4ccco4)c3c2N)c1. The molecule has 8 heteroatoms. The van der Waals surface area contributed by atoms with Crippen LogP contribution in [0.5, 0.6) is 5.75 Å². The molecule has 164 valence electrons. The van der Waals surface area contributed by atoms with Crippen molar-refractivity contribution in [1.82, 2.24) is 4.98 Å². The molecule has 5 aromatic rings. The minimum atomic E-state index is -0.317. The Balaban J connectivity index is 1.63. The smallest absolute Gasteiger partial charge is 0.267 e. The topological polar surface area (TPSA) is 90.4 Å². The van der Waals surface area contributed by atoms with Crippen molar-refractivity contribution in [2.45, 2.75) is 0 Å². The van der Waals surface area contributed by atoms with Crippen molar-refractivity contribution in [3.05, 3.63) is 82.9 Å². The number of carbonyl (C=O) groups is 1. The van der Waals surface area contributed by atoms with Gasteiger partial charge in [-0.2, -0.15) is 0 Å². The van der Waals surface area contributed by atoms with Crippen LogP contribution < -0.4 is 15.8 Å². The maximum absolute atomic E-state index is 13.1. The number of methoxy groups -OCH3 is 1. The average molecular weight is 476 g/mol. The van der Waals surface area contributed by atoms with E-state index in [0.717, 1.165) is 16.8 Å². The first kappa shape index (κ1) is 21.1. The van der Waals surface area contributed by atoms with Gasteiger partial charge in [0.25, 0.3) is 5.91 Å². The summed E-state index contributed by atoms with van der Waals surface area (Å²) >= 11 is 7.29. The van der Waals surface area contributed by atoms with Gasteiger partial charge in [-0.15, -0.1) is 11.3 Å². The van der Waals surface area contributed by atoms with Crippen LogP contribution >= 0.6 is 22.9 Å². The molecule has 33 heavy (non-hydrogen) atoms. The number of benzene rings is 2. The summed E-state index contributed by atoms with van der Waals surface area (Å²) in [4.78, 5) is 18.9. The molecule has 6 nitrogen and oxygen atoms in total. The highest BCUT2D eigenvalue weighted by Crippen LogP contribution is 2.41. The van der Waals surface area contributed by atoms with E-state index < -0.39 is 0 Å². The molecule has 0 spiro atoms. The molecule has 2 aromatic carbocycles. The summed E-state index contributed by atoms with van der Waals surface area (Å²) in [6.45, 7) is 0. The zero-order chi connectivity index (χ0) is 22.9. The molecule has 3 heterocycles. The summed E-state index contributed by atoms with van der Waals surface area (Å²) in [6.07, 6.45) is 1.60. The highest BCUT2D eigenvalue weighted by atomic mass is 35.5. The van der Waals surface area contributed by atoms with E-state index >= 15 is 0 Å². The summed E-state index contributed by atoms with van der Waals surface area (Å²) in [5.41, 5.74) is 9.85. The molecule has 0 aliphatic rings. The number of rotatable bonds is 5. The number of amides is 1. The van der Waals surface area contributed by atoms with E-state index in [1.807, 2.05) is 42.5 Å². The molecule has 0 saturated carbocycles. The van der Waals surface area contributed by atoms with Gasteiger partial charge in [0.15, 0.2) is 0 Å². The number of thiophene rings is 1. The van der Waals surface area contributed by atoms with Crippen molar-refractivity contribution in [3.63, 3.8) is 0 Å². The molecule has 0 fully saturated rings. The van der Waals surface area contributed by atoms with E-state index in [4.69, 9.17) is 31.5 Å². The average Bonchev–Trinajstić information content (AvgIpc) is 3.48. The highest BCUT2D eigenvalue weighted by Gasteiger charge is 2.22. The Kier molecular flexibility index (Phi) is 5.50. The van der Waals surface area contributed by atoms with Gasteiger partial charge in [-0.25, -0.2) is 4.98 Å². The third-order valence-corrected chi connectivity index (χ3v) is 6.51. The van der Waals surface area contributed by atoms with E-state index in [1.165, 1.54) is 11.3 Å². The highest BCUT2D eigenvalue weighted by molar-refractivity contribution is 7.21. The Hall–Kier alpha value is -3.81. The molecule has 0 radical (unpaired) electrons. The van der Waals surface area contributed by atoms with Gasteiger partial charge in [-0.05, 0) is 42.5 Å². The summed E-state index contributed by atoms with van der Waals surface area (Å²) in [7, 11) is 1.57. The van der Waals surface area contributed by atoms with Gasteiger partial charge >= 0.3 is 0 Å². The molecular formula is C25H18ClN3O3S. The number of halogens is 1. The molecular weight excluding hydrogens is 458 g/mol. The van der Waals surface area contributed by atoms with Crippen molar-refractivity contribution < 1.29 is 13.9 Å². The second kappa shape index (κ2) is 8.61. The van der Waals surface area contributed by atoms with Crippen LogP contribution in [0.25, 0.3) is 32.8 Å². The van der Waals surface area contributed by atoms with Crippen LogP contribution in [0, 0.1) is 0 Å². The number of hydrogen-bond donors (Lipinski definition) is 2. The number of nitrogens with two attached hydrogens (primary N) is 1. The largest absolute Gasteiger partial charge is 0.497 e. The van der Waals surface area contributed by atoms with Crippen LogP contribution in [0.15, 0.2) is 77.4 Å². The molecule has 5 rings (SSSR count). The summed E-state index contributed by atoms with van der Waals surface area (Å²) in [5.74, 6) is 0.968. The number of furan rings is 1. The maximum Gasteiger partial charge on any atom is 0.267 e. The van der Waals surface area contributed by atoms with Crippen molar-refractivity contribution in [1.29, 1.82) is 0 Å². The van der Waals surface area contributed by atoms with Crippen molar-refractivity contribution in [2.75, 3.05) is 18.2 Å². The number of pyridine rings is 1. The lowest BCUT2D eigenvalue weighted by molar-refractivity contribution is 0.103. The zero-order valence-electron chi connectivity index (χ0n) is 17.5. The molecule has 3 N–H and O–H groups in total. The first-order chi connectivity index (χ1) is 16.0. The number of ether oxygens (including phenoxy) is 1. The second-order valence-electron chi connectivity index (χ2n) is 7.25. The Labute approximate surface area is 198 Å². The third kappa shape index (κ3) is 4.04. The molecule has 0 unspecified atom stereocenters. The second-order valence-corrected chi connectivity index (χ2v) is 8.69. The first-order valence-corrected chi connectivity index (χ1v) is 11.2. The van der Waals surface area contributed by atoms with Crippen LogP contribution in [0.4, 0.5) is 11.4 Å². The lowest BCUT2D eigenvalue weighted by Crippen LogP contribution is -2.12. The van der Waals surface area contributed by atoms with E-state index in [0.29, 0.717) is 43.0 Å². The van der Waals surface area contributed by atoms with Crippen LogP contribution in [0.2, 0.25) is 5.02 Å². The molecule has 0 saturated heterocycles. The number of nitrogens with zero attached hydrogens (tertiary/aromatic N) is 1. The maximum atomic E-state index is 13.1. The lowest BCUT2D eigenvalue weighted by atomic mass is 10.0. The number of carbonyl (C=O) groups excluding carboxylic acids is 1. The number of fused-ring (bicyclic) bond motifs is 1. The Morgan fingerprint density at radius 3 is 2.67 bits per heavy atom. The predicted molar refractivity (Wildman–Crippen MR) is 133 cm³/mol. The zero-order valence-corrected chi connectivity index (χ0v) is 19.0. The van der Waals surface area contributed by atoms with Gasteiger partial charge in [0.2, 0.25) is 0 Å². The molecule has 0 aliphatic heterocycles. The Morgan fingerprint density at radius 2 is 1.94 bits per heavy atom. The molecule has 0 bridgehead atoms. The van der Waals surface area contributed by atoms with Crippen molar-refractivity contribution >= 4 is 50.4 Å². The first-order valence-electron chi connectivity index (χ1n) is 10.0. The molecule has 3 aromatic heterocycles. The van der Waals surface area contributed by atoms with Crippen molar-refractivity contribution in [3.8, 4) is 28.3 Å². The summed E-state index contributed by atoms with van der Waals surface area (Å²) in [5, 5.41) is 4.21. The fraction of sp³-hybridized carbons (Fsp3) is 0.0400. The fourth-order valence-electron chi connectivity index (χ4n) is 3.57. The van der Waals surface area contributed by atoms with Crippen LogP contribution in [-0.4, -0.2) is 18.0 Å². The Bertz CT molecular complexity index is 1460. The van der Waals surface area contributed by atoms with Gasteiger partial charge in [0.05, 0.1) is 24.8 Å². The van der Waals surface area contributed by atoms with Gasteiger partial charge in [0.1, 0.15) is 21.2 Å². The van der Waals surface area contributed by atoms with Gasteiger partial charge < -0.3 is 20.2 Å². The predicted octanol–water partition coefficient (Wildman–Crippen LogP) is 6.72. The van der Waals surface area contributed by atoms with E-state index in [9.17, 15) is 4.79 Å². The monoisotopic (exact) mass is 475 g/mol. The number of nitrogens with one attached hydrogen (secondary N) is 1. The standard InChI is InChI=1S/C25H18ClN3O3S/c1-31-17-5-2-4-16(12-17)28-24(30)23-22(27)21-18(20-6-3-11-32-20)13-19(29-25(21)33-23)14-7-9-15(26)10-8-14/h2-13H,27H2,1H3,(H,28,30). The number of anilines is 2. The van der Waals surface area contributed by atoms with Crippen LogP contribution in [0.3, 0.4) is 0 Å². The van der Waals surface area contributed by atoms with Gasteiger partial charge in [0, 0.05) is 33.3 Å². The lowest BCUT2D eigenvalue weighted by Gasteiger charge is -2.07. The van der Waals surface area contributed by atoms with E-state index in [-0.39, 0.29) is 5.91 Å². The minimum Gasteiger partial charge on any atom is -0.497 e. The van der Waals surface area contributed by atoms with E-state index in [2.05, 4.69) is 5.32 Å². The fourth-order valence-corrected chi connectivity index (χ4v) is 4.71. The normalized spacial score (nSPS) is 11.0. The number of hydrogen-bond acceptors (Lipinski definition) is 6. The molecule has 0 atom stereocenters. The molecule has 1 amide bonds. The van der Waals surface area contributed by atoms with Crippen LogP contribution in [0.1, 0.15) is 9.67 Å². The summed E-state index contributed by atoms with van der Waals surface area (Å²) in [6, 6.07) is 20.1. The minimum absolute atomic E-state index is 0.317. The molecule has 0 aliphatic carbocycles. The third-order valence-electron chi connectivity index (χ3n) is 5.16. The van der Waals surface area contributed by atoms with Gasteiger partial charge in [-0.3, -0.25) is 4.79 Å². The summed E-state index contributed by atoms with van der Waals surface area (Å²) < 4.78 is 10.9. The number of nitrogen functional groups attached to an aromatic ring is 1. The Morgan fingerprint density at radius 1 is 1.12 bits per heavy atom. The van der Waals surface area contributed by atoms with Crippen molar-refractivity contribution in [2.24, 2.45) is 0 Å². The van der Waals surface area contributed by atoms with Crippen LogP contribution in [-0.2, 0) is 0 Å². The van der Waals surface area contributed by atoms with E-state index in [1.54, 1.807) is 37.6 Å². The van der Waals surface area contributed by atoms with Gasteiger partial charge in [-0.1, -0.05) is 29.8 Å². The number of aromatic nitrogens is 1. The quantitative estimate of drug-likeness (QED) is 0.294.